The van der Waals surface area contributed by atoms with Crippen LogP contribution in [0, 0.1) is 5.92 Å². The van der Waals surface area contributed by atoms with Gasteiger partial charge in [-0.3, -0.25) is 9.52 Å². The Bertz CT molecular complexity index is 878. The third-order valence-corrected chi connectivity index (χ3v) is 5.73. The highest BCUT2D eigenvalue weighted by Crippen LogP contribution is 2.22. The number of anilines is 2. The number of nitrogens with one attached hydrogen (secondary N) is 2. The first-order chi connectivity index (χ1) is 12.4. The van der Waals surface area contributed by atoms with Gasteiger partial charge in [0.05, 0.1) is 4.90 Å². The largest absolute Gasteiger partial charge is 0.381 e. The third kappa shape index (κ3) is 4.75. The molecule has 8 heteroatoms. The summed E-state index contributed by atoms with van der Waals surface area (Å²) in [4.78, 5) is 12.4. The molecule has 0 atom stereocenters. The van der Waals surface area contributed by atoms with Crippen LogP contribution in [0.3, 0.4) is 0 Å². The first-order valence-electron chi connectivity index (χ1n) is 8.21. The first-order valence-corrected chi connectivity index (χ1v) is 10.1. The number of benzene rings is 2. The van der Waals surface area contributed by atoms with E-state index in [1.165, 1.54) is 12.1 Å². The van der Waals surface area contributed by atoms with Crippen molar-refractivity contribution in [3.63, 3.8) is 0 Å². The summed E-state index contributed by atoms with van der Waals surface area (Å²) in [5.41, 5.74) is 0.853. The molecule has 2 aromatic carbocycles. The molecule has 3 rings (SSSR count). The summed E-state index contributed by atoms with van der Waals surface area (Å²) in [6, 6.07) is 12.5. The van der Waals surface area contributed by atoms with E-state index in [1.807, 2.05) is 0 Å². The maximum atomic E-state index is 12.6. The Hall–Kier alpha value is -2.09. The van der Waals surface area contributed by atoms with Crippen LogP contribution in [0.1, 0.15) is 12.8 Å². The Balaban J connectivity index is 1.73. The molecule has 1 amide bonds. The summed E-state index contributed by atoms with van der Waals surface area (Å²) < 4.78 is 32.8. The van der Waals surface area contributed by atoms with Gasteiger partial charge in [-0.25, -0.2) is 8.42 Å². The lowest BCUT2D eigenvalue weighted by molar-refractivity contribution is -0.122. The lowest BCUT2D eigenvalue weighted by Crippen LogP contribution is -2.28. The molecule has 1 aliphatic heterocycles. The molecule has 0 saturated carbocycles. The lowest BCUT2D eigenvalue weighted by Gasteiger charge is -2.21. The van der Waals surface area contributed by atoms with Gasteiger partial charge in [0.1, 0.15) is 0 Å². The molecule has 0 radical (unpaired) electrons. The Morgan fingerprint density at radius 1 is 1.04 bits per heavy atom. The van der Waals surface area contributed by atoms with E-state index in [2.05, 4.69) is 10.0 Å². The zero-order valence-corrected chi connectivity index (χ0v) is 15.5. The highest BCUT2D eigenvalue weighted by Gasteiger charge is 2.22. The molecule has 2 aromatic rings. The quantitative estimate of drug-likeness (QED) is 0.812. The zero-order chi connectivity index (χ0) is 18.6. The smallest absolute Gasteiger partial charge is 0.261 e. The SMILES string of the molecule is O=C(Nc1cccc(S(=O)(=O)Nc2ccc(Cl)cc2)c1)C1CCOCC1. The molecule has 1 fully saturated rings. The van der Waals surface area contributed by atoms with Crippen LogP contribution in [0.15, 0.2) is 53.4 Å². The molecule has 0 aliphatic carbocycles. The highest BCUT2D eigenvalue weighted by molar-refractivity contribution is 7.92. The first kappa shape index (κ1) is 18.7. The van der Waals surface area contributed by atoms with E-state index in [9.17, 15) is 13.2 Å². The van der Waals surface area contributed by atoms with Gasteiger partial charge in [0, 0.05) is 35.5 Å². The predicted octanol–water partition coefficient (Wildman–Crippen LogP) is 3.51. The van der Waals surface area contributed by atoms with Crippen molar-refractivity contribution in [2.24, 2.45) is 5.92 Å². The molecule has 0 bridgehead atoms. The molecule has 1 heterocycles. The predicted molar refractivity (Wildman–Crippen MR) is 101 cm³/mol. The van der Waals surface area contributed by atoms with Crippen molar-refractivity contribution >= 4 is 38.9 Å². The third-order valence-electron chi connectivity index (χ3n) is 4.10. The average molecular weight is 395 g/mol. The van der Waals surface area contributed by atoms with Gasteiger partial charge in [0.15, 0.2) is 0 Å². The van der Waals surface area contributed by atoms with E-state index < -0.39 is 10.0 Å². The van der Waals surface area contributed by atoms with Crippen molar-refractivity contribution in [1.82, 2.24) is 0 Å². The summed E-state index contributed by atoms with van der Waals surface area (Å²) in [6.07, 6.45) is 1.34. The van der Waals surface area contributed by atoms with E-state index >= 15 is 0 Å². The molecule has 2 N–H and O–H groups in total. The Kier molecular flexibility index (Phi) is 5.80. The van der Waals surface area contributed by atoms with Crippen molar-refractivity contribution in [3.05, 3.63) is 53.6 Å². The van der Waals surface area contributed by atoms with Crippen LogP contribution in [0.4, 0.5) is 11.4 Å². The number of rotatable bonds is 5. The lowest BCUT2D eigenvalue weighted by atomic mass is 9.99. The minimum atomic E-state index is -3.77. The average Bonchev–Trinajstić information content (AvgIpc) is 2.64. The fourth-order valence-corrected chi connectivity index (χ4v) is 3.91. The topological polar surface area (TPSA) is 84.5 Å². The van der Waals surface area contributed by atoms with Crippen LogP contribution >= 0.6 is 11.6 Å². The molecule has 1 saturated heterocycles. The van der Waals surface area contributed by atoms with Crippen molar-refractivity contribution < 1.29 is 17.9 Å². The van der Waals surface area contributed by atoms with E-state index in [-0.39, 0.29) is 16.7 Å². The number of halogens is 1. The molecular formula is C18H19ClN2O4S. The van der Waals surface area contributed by atoms with Crippen LogP contribution < -0.4 is 10.0 Å². The molecule has 0 unspecified atom stereocenters. The molecular weight excluding hydrogens is 376 g/mol. The van der Waals surface area contributed by atoms with Crippen molar-refractivity contribution in [2.75, 3.05) is 23.3 Å². The van der Waals surface area contributed by atoms with Crippen molar-refractivity contribution in [2.45, 2.75) is 17.7 Å². The summed E-state index contributed by atoms with van der Waals surface area (Å²) >= 11 is 5.81. The second-order valence-electron chi connectivity index (χ2n) is 6.02. The van der Waals surface area contributed by atoms with Gasteiger partial charge < -0.3 is 10.1 Å². The van der Waals surface area contributed by atoms with Gasteiger partial charge in [-0.15, -0.1) is 0 Å². The number of amides is 1. The summed E-state index contributed by atoms with van der Waals surface area (Å²) in [6.45, 7) is 1.13. The van der Waals surface area contributed by atoms with Crippen LogP contribution in [-0.2, 0) is 19.6 Å². The minimum Gasteiger partial charge on any atom is -0.381 e. The maximum Gasteiger partial charge on any atom is 0.261 e. The number of sulfonamides is 1. The van der Waals surface area contributed by atoms with Gasteiger partial charge in [-0.05, 0) is 55.3 Å². The molecule has 6 nitrogen and oxygen atoms in total. The van der Waals surface area contributed by atoms with Gasteiger partial charge >= 0.3 is 0 Å². The number of hydrogen-bond donors (Lipinski definition) is 2. The van der Waals surface area contributed by atoms with Gasteiger partial charge in [-0.1, -0.05) is 17.7 Å². The standard InChI is InChI=1S/C18H19ClN2O4S/c19-14-4-6-15(7-5-14)21-26(23,24)17-3-1-2-16(12-17)20-18(22)13-8-10-25-11-9-13/h1-7,12-13,21H,8-11H2,(H,20,22). The number of hydrogen-bond acceptors (Lipinski definition) is 4. The van der Waals surface area contributed by atoms with Gasteiger partial charge in [0.25, 0.3) is 10.0 Å². The van der Waals surface area contributed by atoms with Gasteiger partial charge in [0.2, 0.25) is 5.91 Å². The molecule has 138 valence electrons. The molecule has 0 spiro atoms. The summed E-state index contributed by atoms with van der Waals surface area (Å²) in [5, 5.41) is 3.31. The summed E-state index contributed by atoms with van der Waals surface area (Å²) in [7, 11) is -3.77. The second kappa shape index (κ2) is 8.07. The normalized spacial score (nSPS) is 15.4. The van der Waals surface area contributed by atoms with E-state index in [4.69, 9.17) is 16.3 Å². The number of carbonyl (C=O) groups is 1. The van der Waals surface area contributed by atoms with Crippen LogP contribution in [0.2, 0.25) is 5.02 Å². The molecule has 26 heavy (non-hydrogen) atoms. The second-order valence-corrected chi connectivity index (χ2v) is 8.13. The van der Waals surface area contributed by atoms with Crippen LogP contribution in [-0.4, -0.2) is 27.5 Å². The minimum absolute atomic E-state index is 0.0669. The van der Waals surface area contributed by atoms with E-state index in [0.717, 1.165) is 0 Å². The van der Waals surface area contributed by atoms with Gasteiger partial charge in [-0.2, -0.15) is 0 Å². The molecule has 1 aliphatic rings. The number of carbonyl (C=O) groups excluding carboxylic acids is 1. The molecule has 0 aromatic heterocycles. The van der Waals surface area contributed by atoms with Crippen molar-refractivity contribution in [1.29, 1.82) is 0 Å². The maximum absolute atomic E-state index is 12.6. The van der Waals surface area contributed by atoms with Crippen molar-refractivity contribution in [3.8, 4) is 0 Å². The fourth-order valence-electron chi connectivity index (χ4n) is 2.68. The van der Waals surface area contributed by atoms with Crippen LogP contribution in [0.25, 0.3) is 0 Å². The zero-order valence-electron chi connectivity index (χ0n) is 13.9. The van der Waals surface area contributed by atoms with Crippen LogP contribution in [0.5, 0.6) is 0 Å². The monoisotopic (exact) mass is 394 g/mol. The highest BCUT2D eigenvalue weighted by atomic mass is 35.5. The summed E-state index contributed by atoms with van der Waals surface area (Å²) in [5.74, 6) is -0.232. The number of ether oxygens (including phenoxy) is 1. The fraction of sp³-hybridized carbons (Fsp3) is 0.278. The Morgan fingerprint density at radius 2 is 1.73 bits per heavy atom. The Labute approximate surface area is 157 Å². The van der Waals surface area contributed by atoms with E-state index in [0.29, 0.717) is 42.5 Å². The van der Waals surface area contributed by atoms with E-state index in [1.54, 1.807) is 36.4 Å². The Morgan fingerprint density at radius 3 is 2.42 bits per heavy atom.